The fourth-order valence-electron chi connectivity index (χ4n) is 2.55. The van der Waals surface area contributed by atoms with Gasteiger partial charge in [-0.3, -0.25) is 4.79 Å². The van der Waals surface area contributed by atoms with Gasteiger partial charge >= 0.3 is 0 Å². The molecule has 0 unspecified atom stereocenters. The van der Waals surface area contributed by atoms with Crippen molar-refractivity contribution in [3.63, 3.8) is 0 Å². The van der Waals surface area contributed by atoms with Crippen molar-refractivity contribution >= 4 is 28.9 Å². The number of rotatable bonds is 6. The lowest BCUT2D eigenvalue weighted by Gasteiger charge is -2.08. The molecule has 5 nitrogen and oxygen atoms in total. The molecule has 0 bridgehead atoms. The number of nitrogens with one attached hydrogen (secondary N) is 2. The lowest BCUT2D eigenvalue weighted by atomic mass is 10.1. The number of pyridine rings is 1. The van der Waals surface area contributed by atoms with Gasteiger partial charge in [-0.25, -0.2) is 4.98 Å². The van der Waals surface area contributed by atoms with E-state index < -0.39 is 0 Å². The van der Waals surface area contributed by atoms with Gasteiger partial charge in [-0.15, -0.1) is 0 Å². The normalized spacial score (nSPS) is 10.1. The molecular weight excluding hydrogens is 360 g/mol. The molecule has 27 heavy (non-hydrogen) atoms. The molecule has 1 heterocycles. The number of anilines is 2. The second-order valence-corrected chi connectivity index (χ2v) is 6.29. The van der Waals surface area contributed by atoms with Crippen LogP contribution in [0.15, 0.2) is 66.9 Å². The first kappa shape index (κ1) is 18.4. The van der Waals surface area contributed by atoms with E-state index in [0.717, 1.165) is 29.2 Å². The van der Waals surface area contributed by atoms with E-state index in [-0.39, 0.29) is 11.6 Å². The van der Waals surface area contributed by atoms with Crippen molar-refractivity contribution in [2.45, 2.75) is 6.42 Å². The average Bonchev–Trinajstić information content (AvgIpc) is 2.69. The minimum absolute atomic E-state index is 0.281. The summed E-state index contributed by atoms with van der Waals surface area (Å²) in [5, 5.41) is 15.8. The van der Waals surface area contributed by atoms with Crippen LogP contribution in [0.4, 0.5) is 11.4 Å². The highest BCUT2D eigenvalue weighted by molar-refractivity contribution is 6.30. The Labute approximate surface area is 162 Å². The molecule has 2 aromatic carbocycles. The molecule has 134 valence electrons. The van der Waals surface area contributed by atoms with Crippen LogP contribution < -0.4 is 10.6 Å². The topological polar surface area (TPSA) is 77.8 Å². The van der Waals surface area contributed by atoms with Crippen LogP contribution in [0.5, 0.6) is 0 Å². The number of hydrogen-bond donors (Lipinski definition) is 2. The van der Waals surface area contributed by atoms with Gasteiger partial charge in [0.2, 0.25) is 0 Å². The number of carbonyl (C=O) groups is 1. The maximum absolute atomic E-state index is 12.3. The third-order valence-corrected chi connectivity index (χ3v) is 4.16. The molecule has 0 fully saturated rings. The van der Waals surface area contributed by atoms with E-state index in [1.165, 1.54) is 0 Å². The van der Waals surface area contributed by atoms with Crippen LogP contribution in [0.25, 0.3) is 0 Å². The van der Waals surface area contributed by atoms with E-state index in [1.807, 2.05) is 30.3 Å². The van der Waals surface area contributed by atoms with Gasteiger partial charge in [0.05, 0.1) is 23.1 Å². The Morgan fingerprint density at radius 3 is 2.70 bits per heavy atom. The van der Waals surface area contributed by atoms with Crippen LogP contribution in [0.3, 0.4) is 0 Å². The lowest BCUT2D eigenvalue weighted by molar-refractivity contribution is 0.102. The van der Waals surface area contributed by atoms with Crippen molar-refractivity contribution < 1.29 is 4.79 Å². The summed E-state index contributed by atoms with van der Waals surface area (Å²) in [5.41, 5.74) is 3.13. The SMILES string of the molecule is N#Cc1ccccc1NC(=O)c1ccc(NCCc2cccc(Cl)c2)cn1. The van der Waals surface area contributed by atoms with Crippen molar-refractivity contribution in [1.82, 2.24) is 4.98 Å². The van der Waals surface area contributed by atoms with Crippen molar-refractivity contribution in [3.05, 3.63) is 88.7 Å². The molecule has 2 N–H and O–H groups in total. The van der Waals surface area contributed by atoms with E-state index in [9.17, 15) is 4.79 Å². The Morgan fingerprint density at radius 2 is 1.96 bits per heavy atom. The molecule has 0 aliphatic carbocycles. The van der Waals surface area contributed by atoms with Crippen LogP contribution in [-0.4, -0.2) is 17.4 Å². The molecule has 3 aromatic rings. The van der Waals surface area contributed by atoms with Crippen LogP contribution in [-0.2, 0) is 6.42 Å². The van der Waals surface area contributed by atoms with Gasteiger partial charge in [0.1, 0.15) is 11.8 Å². The monoisotopic (exact) mass is 376 g/mol. The van der Waals surface area contributed by atoms with Gasteiger partial charge in [0.15, 0.2) is 0 Å². The molecule has 0 spiro atoms. The Bertz CT molecular complexity index is 980. The first-order chi connectivity index (χ1) is 13.2. The van der Waals surface area contributed by atoms with E-state index in [1.54, 1.807) is 42.6 Å². The molecule has 3 rings (SSSR count). The van der Waals surface area contributed by atoms with Gasteiger partial charge in [-0.1, -0.05) is 35.9 Å². The molecule has 1 amide bonds. The number of para-hydroxylation sites is 1. The van der Waals surface area contributed by atoms with E-state index in [4.69, 9.17) is 16.9 Å². The number of nitriles is 1. The first-order valence-electron chi connectivity index (χ1n) is 8.40. The fraction of sp³-hybridized carbons (Fsp3) is 0.0952. The van der Waals surface area contributed by atoms with Gasteiger partial charge in [-0.2, -0.15) is 5.26 Å². The second-order valence-electron chi connectivity index (χ2n) is 5.85. The molecule has 0 aliphatic heterocycles. The summed E-state index contributed by atoms with van der Waals surface area (Å²) in [5.74, 6) is -0.358. The maximum Gasteiger partial charge on any atom is 0.274 e. The van der Waals surface area contributed by atoms with Gasteiger partial charge in [0.25, 0.3) is 5.91 Å². The summed E-state index contributed by atoms with van der Waals surface area (Å²) in [6, 6.07) is 20.1. The maximum atomic E-state index is 12.3. The third-order valence-electron chi connectivity index (χ3n) is 3.92. The van der Waals surface area contributed by atoms with Crippen LogP contribution in [0.1, 0.15) is 21.6 Å². The Kier molecular flexibility index (Phi) is 6.03. The smallest absolute Gasteiger partial charge is 0.274 e. The van der Waals surface area contributed by atoms with Gasteiger partial charge in [0, 0.05) is 11.6 Å². The van der Waals surface area contributed by atoms with Crippen LogP contribution >= 0.6 is 11.6 Å². The van der Waals surface area contributed by atoms with Crippen LogP contribution in [0, 0.1) is 11.3 Å². The highest BCUT2D eigenvalue weighted by Gasteiger charge is 2.10. The van der Waals surface area contributed by atoms with E-state index in [2.05, 4.69) is 15.6 Å². The van der Waals surface area contributed by atoms with Crippen molar-refractivity contribution in [2.75, 3.05) is 17.2 Å². The summed E-state index contributed by atoms with van der Waals surface area (Å²) in [7, 11) is 0. The second kappa shape index (κ2) is 8.84. The molecule has 0 radical (unpaired) electrons. The largest absolute Gasteiger partial charge is 0.383 e. The predicted molar refractivity (Wildman–Crippen MR) is 107 cm³/mol. The zero-order valence-electron chi connectivity index (χ0n) is 14.4. The zero-order valence-corrected chi connectivity index (χ0v) is 15.2. The number of carbonyl (C=O) groups excluding carboxylic acids is 1. The molecule has 0 atom stereocenters. The van der Waals surface area contributed by atoms with E-state index in [0.29, 0.717) is 11.3 Å². The summed E-state index contributed by atoms with van der Waals surface area (Å²) >= 11 is 5.98. The fourth-order valence-corrected chi connectivity index (χ4v) is 2.77. The van der Waals surface area contributed by atoms with Crippen molar-refractivity contribution in [2.24, 2.45) is 0 Å². The van der Waals surface area contributed by atoms with Crippen molar-refractivity contribution in [1.29, 1.82) is 5.26 Å². The number of amides is 1. The van der Waals surface area contributed by atoms with E-state index >= 15 is 0 Å². The summed E-state index contributed by atoms with van der Waals surface area (Å²) in [4.78, 5) is 16.5. The molecule has 6 heteroatoms. The Hall–Kier alpha value is -3.36. The van der Waals surface area contributed by atoms with Crippen molar-refractivity contribution in [3.8, 4) is 6.07 Å². The lowest BCUT2D eigenvalue weighted by Crippen LogP contribution is -2.14. The summed E-state index contributed by atoms with van der Waals surface area (Å²) < 4.78 is 0. The Balaban J connectivity index is 1.56. The van der Waals surface area contributed by atoms with Crippen LogP contribution in [0.2, 0.25) is 5.02 Å². The minimum Gasteiger partial charge on any atom is -0.383 e. The molecule has 0 aliphatic rings. The van der Waals surface area contributed by atoms with Gasteiger partial charge < -0.3 is 10.6 Å². The average molecular weight is 377 g/mol. The number of nitrogens with zero attached hydrogens (tertiary/aromatic N) is 2. The number of benzene rings is 2. The molecular formula is C21H17ClN4O. The molecule has 0 saturated heterocycles. The standard InChI is InChI=1S/C21H17ClN4O/c22-17-6-3-4-15(12-17)10-11-24-18-8-9-20(25-14-18)21(27)26-19-7-2-1-5-16(19)13-23/h1-9,12,14,24H,10-11H2,(H,26,27). The zero-order chi connectivity index (χ0) is 19.1. The summed E-state index contributed by atoms with van der Waals surface area (Å²) in [6.07, 6.45) is 2.44. The molecule has 0 saturated carbocycles. The number of halogens is 1. The Morgan fingerprint density at radius 1 is 1.11 bits per heavy atom. The molecule has 1 aromatic heterocycles. The summed E-state index contributed by atoms with van der Waals surface area (Å²) in [6.45, 7) is 0.725. The predicted octanol–water partition coefficient (Wildman–Crippen LogP) is 4.51. The number of hydrogen-bond acceptors (Lipinski definition) is 4. The third kappa shape index (κ3) is 5.06. The highest BCUT2D eigenvalue weighted by atomic mass is 35.5. The highest BCUT2D eigenvalue weighted by Crippen LogP contribution is 2.15. The quantitative estimate of drug-likeness (QED) is 0.663. The van der Waals surface area contributed by atoms with Gasteiger partial charge in [-0.05, 0) is 48.4 Å². The first-order valence-corrected chi connectivity index (χ1v) is 8.78. The minimum atomic E-state index is -0.358. The number of aromatic nitrogens is 1.